The summed E-state index contributed by atoms with van der Waals surface area (Å²) in [6.07, 6.45) is 0. The van der Waals surface area contributed by atoms with Crippen LogP contribution in [0, 0.1) is 0 Å². The summed E-state index contributed by atoms with van der Waals surface area (Å²) in [5.41, 5.74) is 1.28. The average Bonchev–Trinajstić information content (AvgIpc) is 2.37. The first-order valence-corrected chi connectivity index (χ1v) is 5.73. The Labute approximate surface area is 105 Å². The summed E-state index contributed by atoms with van der Waals surface area (Å²) >= 11 is 0. The molecular weight excluding hydrogens is 234 g/mol. The van der Waals surface area contributed by atoms with Crippen molar-refractivity contribution in [2.75, 3.05) is 11.5 Å². The van der Waals surface area contributed by atoms with Crippen LogP contribution in [-0.2, 0) is 16.2 Å². The summed E-state index contributed by atoms with van der Waals surface area (Å²) in [6, 6.07) is 4.57. The number of aliphatic hydroxyl groups is 1. The molecule has 5 nitrogen and oxygen atoms in total. The standard InChI is InChI=1S/C13H15NO4/c1-8(9(2)16)14-11-4-3-10(6-15)5-12(11)18-7-13(14)17/h3-5,8,15H,6-7H2,1-2H3. The zero-order chi connectivity index (χ0) is 13.3. The van der Waals surface area contributed by atoms with Crippen molar-refractivity contribution in [3.05, 3.63) is 23.8 Å². The highest BCUT2D eigenvalue weighted by molar-refractivity contribution is 6.03. The number of aliphatic hydroxyl groups excluding tert-OH is 1. The summed E-state index contributed by atoms with van der Waals surface area (Å²) in [5.74, 6) is 0.207. The third-order valence-corrected chi connectivity index (χ3v) is 3.06. The van der Waals surface area contributed by atoms with E-state index in [1.807, 2.05) is 0 Å². The fraction of sp³-hybridized carbons (Fsp3) is 0.385. The number of Topliss-reactive ketones (excluding diaryl/α,β-unsaturated/α-hetero) is 1. The summed E-state index contributed by atoms with van der Waals surface area (Å²) in [5, 5.41) is 9.06. The van der Waals surface area contributed by atoms with Gasteiger partial charge in [-0.15, -0.1) is 0 Å². The monoisotopic (exact) mass is 249 g/mol. The first kappa shape index (κ1) is 12.6. The summed E-state index contributed by atoms with van der Waals surface area (Å²) < 4.78 is 5.32. The Hall–Kier alpha value is -1.88. The van der Waals surface area contributed by atoms with Crippen LogP contribution in [0.5, 0.6) is 5.75 Å². The maximum Gasteiger partial charge on any atom is 0.265 e. The van der Waals surface area contributed by atoms with E-state index in [0.29, 0.717) is 17.0 Å². The lowest BCUT2D eigenvalue weighted by atomic mass is 10.1. The van der Waals surface area contributed by atoms with Crippen LogP contribution in [0.2, 0.25) is 0 Å². The average molecular weight is 249 g/mol. The second-order valence-corrected chi connectivity index (χ2v) is 4.30. The number of fused-ring (bicyclic) bond motifs is 1. The molecule has 1 aromatic carbocycles. The zero-order valence-corrected chi connectivity index (χ0v) is 10.3. The molecule has 0 saturated heterocycles. The number of carbonyl (C=O) groups excluding carboxylic acids is 2. The predicted octanol–water partition coefficient (Wildman–Crippen LogP) is 0.882. The molecule has 18 heavy (non-hydrogen) atoms. The van der Waals surface area contributed by atoms with Crippen molar-refractivity contribution in [2.45, 2.75) is 26.5 Å². The van der Waals surface area contributed by atoms with E-state index in [9.17, 15) is 9.59 Å². The minimum absolute atomic E-state index is 0.0811. The minimum Gasteiger partial charge on any atom is -0.482 e. The van der Waals surface area contributed by atoms with Crippen LogP contribution in [0.25, 0.3) is 0 Å². The van der Waals surface area contributed by atoms with Gasteiger partial charge in [0.05, 0.1) is 18.3 Å². The molecule has 1 aromatic rings. The van der Waals surface area contributed by atoms with Crippen molar-refractivity contribution in [3.63, 3.8) is 0 Å². The molecule has 1 N–H and O–H groups in total. The Morgan fingerprint density at radius 3 is 2.89 bits per heavy atom. The number of nitrogens with zero attached hydrogens (tertiary/aromatic N) is 1. The van der Waals surface area contributed by atoms with Crippen molar-refractivity contribution in [1.82, 2.24) is 0 Å². The van der Waals surface area contributed by atoms with Crippen LogP contribution in [0.15, 0.2) is 18.2 Å². The predicted molar refractivity (Wildman–Crippen MR) is 65.5 cm³/mol. The fourth-order valence-corrected chi connectivity index (χ4v) is 1.92. The molecule has 1 atom stereocenters. The van der Waals surface area contributed by atoms with E-state index < -0.39 is 6.04 Å². The maximum atomic E-state index is 11.9. The number of ether oxygens (including phenoxy) is 1. The number of anilines is 1. The number of ketones is 1. The molecule has 0 fully saturated rings. The van der Waals surface area contributed by atoms with E-state index in [1.165, 1.54) is 11.8 Å². The SMILES string of the molecule is CC(=O)C(C)N1C(=O)COc2cc(CO)ccc21. The van der Waals surface area contributed by atoms with E-state index in [0.717, 1.165) is 0 Å². The topological polar surface area (TPSA) is 66.8 Å². The van der Waals surface area contributed by atoms with E-state index >= 15 is 0 Å². The number of hydrogen-bond acceptors (Lipinski definition) is 4. The normalized spacial score (nSPS) is 15.9. The third-order valence-electron chi connectivity index (χ3n) is 3.06. The Morgan fingerprint density at radius 1 is 1.56 bits per heavy atom. The smallest absolute Gasteiger partial charge is 0.265 e. The molecule has 0 aromatic heterocycles. The lowest BCUT2D eigenvalue weighted by molar-refractivity contribution is -0.125. The second-order valence-electron chi connectivity index (χ2n) is 4.30. The van der Waals surface area contributed by atoms with Gasteiger partial charge in [-0.25, -0.2) is 0 Å². The van der Waals surface area contributed by atoms with Crippen LogP contribution in [0.4, 0.5) is 5.69 Å². The fourth-order valence-electron chi connectivity index (χ4n) is 1.92. The number of amides is 1. The molecule has 1 aliphatic rings. The number of benzene rings is 1. The highest BCUT2D eigenvalue weighted by atomic mass is 16.5. The highest BCUT2D eigenvalue weighted by Gasteiger charge is 2.31. The van der Waals surface area contributed by atoms with Gasteiger partial charge in [-0.1, -0.05) is 6.07 Å². The van der Waals surface area contributed by atoms with Crippen molar-refractivity contribution in [1.29, 1.82) is 0 Å². The van der Waals surface area contributed by atoms with Gasteiger partial charge >= 0.3 is 0 Å². The number of hydrogen-bond donors (Lipinski definition) is 1. The Kier molecular flexibility index (Phi) is 3.34. The van der Waals surface area contributed by atoms with Crippen LogP contribution in [-0.4, -0.2) is 29.4 Å². The van der Waals surface area contributed by atoms with Gasteiger partial charge < -0.3 is 9.84 Å². The van der Waals surface area contributed by atoms with Gasteiger partial charge in [-0.05, 0) is 31.5 Å². The van der Waals surface area contributed by atoms with Gasteiger partial charge in [0.25, 0.3) is 5.91 Å². The Balaban J connectivity index is 2.44. The van der Waals surface area contributed by atoms with Gasteiger partial charge in [0.1, 0.15) is 5.75 Å². The Bertz CT molecular complexity index is 498. The summed E-state index contributed by atoms with van der Waals surface area (Å²) in [7, 11) is 0. The van der Waals surface area contributed by atoms with E-state index in [2.05, 4.69) is 0 Å². The second kappa shape index (κ2) is 4.78. The van der Waals surface area contributed by atoms with Crippen LogP contribution < -0.4 is 9.64 Å². The molecule has 1 aliphatic heterocycles. The van der Waals surface area contributed by atoms with Crippen LogP contribution in [0.1, 0.15) is 19.4 Å². The maximum absolute atomic E-state index is 11.9. The van der Waals surface area contributed by atoms with Gasteiger partial charge in [-0.2, -0.15) is 0 Å². The van der Waals surface area contributed by atoms with Crippen LogP contribution >= 0.6 is 0 Å². The van der Waals surface area contributed by atoms with Gasteiger partial charge in [-0.3, -0.25) is 14.5 Å². The van der Waals surface area contributed by atoms with Crippen molar-refractivity contribution in [3.8, 4) is 5.75 Å². The number of carbonyl (C=O) groups is 2. The molecule has 0 spiro atoms. The van der Waals surface area contributed by atoms with E-state index in [4.69, 9.17) is 9.84 Å². The molecule has 96 valence electrons. The lowest BCUT2D eigenvalue weighted by Gasteiger charge is -2.33. The third kappa shape index (κ3) is 2.09. The molecule has 2 rings (SSSR count). The lowest BCUT2D eigenvalue weighted by Crippen LogP contribution is -2.47. The molecular formula is C13H15NO4. The Morgan fingerprint density at radius 2 is 2.28 bits per heavy atom. The summed E-state index contributed by atoms with van der Waals surface area (Å²) in [4.78, 5) is 24.8. The summed E-state index contributed by atoms with van der Waals surface area (Å²) in [6.45, 7) is 2.97. The molecule has 5 heteroatoms. The first-order valence-electron chi connectivity index (χ1n) is 5.73. The highest BCUT2D eigenvalue weighted by Crippen LogP contribution is 2.34. The molecule has 0 bridgehead atoms. The van der Waals surface area contributed by atoms with Gasteiger partial charge in [0.15, 0.2) is 12.4 Å². The van der Waals surface area contributed by atoms with Crippen molar-refractivity contribution >= 4 is 17.4 Å². The first-order chi connectivity index (χ1) is 8.54. The molecule has 1 amide bonds. The molecule has 1 heterocycles. The molecule has 0 radical (unpaired) electrons. The quantitative estimate of drug-likeness (QED) is 0.863. The number of rotatable bonds is 3. The minimum atomic E-state index is -0.514. The molecule has 0 saturated carbocycles. The van der Waals surface area contributed by atoms with E-state index in [1.54, 1.807) is 25.1 Å². The van der Waals surface area contributed by atoms with Gasteiger partial charge in [0, 0.05) is 0 Å². The molecule has 0 aliphatic carbocycles. The molecule has 1 unspecified atom stereocenters. The van der Waals surface area contributed by atoms with Gasteiger partial charge in [0.2, 0.25) is 0 Å². The van der Waals surface area contributed by atoms with Crippen molar-refractivity contribution < 1.29 is 19.4 Å². The van der Waals surface area contributed by atoms with E-state index in [-0.39, 0.29) is 24.9 Å². The van der Waals surface area contributed by atoms with Crippen LogP contribution in [0.3, 0.4) is 0 Å². The zero-order valence-electron chi connectivity index (χ0n) is 10.3. The van der Waals surface area contributed by atoms with Crippen molar-refractivity contribution in [2.24, 2.45) is 0 Å². The largest absolute Gasteiger partial charge is 0.482 e.